The highest BCUT2D eigenvalue weighted by Crippen LogP contribution is 2.35. The molecule has 0 bridgehead atoms. The van der Waals surface area contributed by atoms with Gasteiger partial charge in [-0.15, -0.1) is 0 Å². The maximum absolute atomic E-state index is 5.92. The summed E-state index contributed by atoms with van der Waals surface area (Å²) in [5.41, 5.74) is 1.87. The number of hydrogen-bond donors (Lipinski definition) is 1. The van der Waals surface area contributed by atoms with Gasteiger partial charge >= 0.3 is 0 Å². The molecule has 0 amide bonds. The molecule has 0 aliphatic rings. The van der Waals surface area contributed by atoms with Crippen LogP contribution in [-0.2, 0) is 7.05 Å². The van der Waals surface area contributed by atoms with Gasteiger partial charge in [-0.2, -0.15) is 5.10 Å². The summed E-state index contributed by atoms with van der Waals surface area (Å²) in [5.74, 6) is 0.900. The summed E-state index contributed by atoms with van der Waals surface area (Å²) >= 11 is 7.41. The fourth-order valence-electron chi connectivity index (χ4n) is 2.00. The number of aryl methyl sites for hydroxylation is 2. The largest absolute Gasteiger partial charge is 0.339 e. The van der Waals surface area contributed by atoms with Crippen LogP contribution in [0, 0.1) is 6.92 Å². The Bertz CT molecular complexity index is 771. The lowest BCUT2D eigenvalue weighted by atomic mass is 10.3. The lowest BCUT2D eigenvalue weighted by Gasteiger charge is -2.09. The number of hydrogen-bond acceptors (Lipinski definition) is 5. The van der Waals surface area contributed by atoms with E-state index in [0.29, 0.717) is 10.2 Å². The van der Waals surface area contributed by atoms with Crippen molar-refractivity contribution < 1.29 is 0 Å². The predicted octanol–water partition coefficient (Wildman–Crippen LogP) is 4.07. The second-order valence-electron chi connectivity index (χ2n) is 4.65. The highest BCUT2D eigenvalue weighted by molar-refractivity contribution is 7.99. The van der Waals surface area contributed by atoms with Crippen molar-refractivity contribution in [3.8, 4) is 0 Å². The van der Waals surface area contributed by atoms with Crippen LogP contribution >= 0.6 is 23.4 Å². The molecule has 3 aromatic rings. The summed E-state index contributed by atoms with van der Waals surface area (Å²) in [5, 5.41) is 9.25. The zero-order valence-corrected chi connectivity index (χ0v) is 13.7. The molecule has 0 spiro atoms. The van der Waals surface area contributed by atoms with Crippen molar-refractivity contribution in [3.63, 3.8) is 0 Å². The third-order valence-electron chi connectivity index (χ3n) is 3.01. The van der Waals surface area contributed by atoms with E-state index in [1.165, 1.54) is 11.8 Å². The van der Waals surface area contributed by atoms with Gasteiger partial charge in [0, 0.05) is 30.2 Å². The molecule has 22 heavy (non-hydrogen) atoms. The molecule has 0 aliphatic heterocycles. The molecule has 1 aromatic carbocycles. The number of nitrogens with one attached hydrogen (secondary N) is 1. The normalized spacial score (nSPS) is 10.7. The van der Waals surface area contributed by atoms with Gasteiger partial charge in [0.1, 0.15) is 5.82 Å². The lowest BCUT2D eigenvalue weighted by molar-refractivity contribution is 0.765. The van der Waals surface area contributed by atoms with Crippen molar-refractivity contribution in [1.82, 2.24) is 19.7 Å². The maximum Gasteiger partial charge on any atom is 0.192 e. The Labute approximate surface area is 137 Å². The Morgan fingerprint density at radius 1 is 1.14 bits per heavy atom. The summed E-state index contributed by atoms with van der Waals surface area (Å²) in [7, 11) is 1.90. The molecule has 112 valence electrons. The van der Waals surface area contributed by atoms with E-state index in [1.807, 2.05) is 42.9 Å². The fraction of sp³-hybridized carbons (Fsp3) is 0.133. The predicted molar refractivity (Wildman–Crippen MR) is 88.8 cm³/mol. The van der Waals surface area contributed by atoms with Crippen molar-refractivity contribution >= 4 is 34.9 Å². The molecule has 5 nitrogen and oxygen atoms in total. The molecule has 0 radical (unpaired) electrons. The molecule has 7 heteroatoms. The van der Waals surface area contributed by atoms with Gasteiger partial charge in [0.25, 0.3) is 0 Å². The van der Waals surface area contributed by atoms with E-state index < -0.39 is 0 Å². The van der Waals surface area contributed by atoms with Crippen molar-refractivity contribution in [2.24, 2.45) is 7.05 Å². The zero-order valence-electron chi connectivity index (χ0n) is 12.1. The van der Waals surface area contributed by atoms with Gasteiger partial charge in [0.2, 0.25) is 0 Å². The number of rotatable bonds is 4. The molecule has 2 aromatic heterocycles. The van der Waals surface area contributed by atoms with Gasteiger partial charge in [0.05, 0.1) is 10.6 Å². The number of halogens is 1. The minimum Gasteiger partial charge on any atom is -0.339 e. The average molecular weight is 332 g/mol. The summed E-state index contributed by atoms with van der Waals surface area (Å²) in [6, 6.07) is 9.35. The minimum atomic E-state index is 0.692. The summed E-state index contributed by atoms with van der Waals surface area (Å²) < 4.78 is 1.81. The standard InChI is InChI=1S/C15H14ClN5S/c1-10-13(22-15-17-8-3-9-18-15)14(21(2)20-10)19-12-6-4-11(16)5-7-12/h3-9,19H,1-2H3. The number of benzene rings is 1. The van der Waals surface area contributed by atoms with Gasteiger partial charge < -0.3 is 5.32 Å². The second-order valence-corrected chi connectivity index (χ2v) is 6.07. The van der Waals surface area contributed by atoms with Crippen LogP contribution in [0.1, 0.15) is 5.69 Å². The Kier molecular flexibility index (Phi) is 4.31. The third kappa shape index (κ3) is 3.23. The first-order valence-corrected chi connectivity index (χ1v) is 7.84. The molecule has 0 aliphatic carbocycles. The molecular weight excluding hydrogens is 318 g/mol. The molecule has 0 saturated carbocycles. The van der Waals surface area contributed by atoms with Gasteiger partial charge in [-0.3, -0.25) is 4.68 Å². The smallest absolute Gasteiger partial charge is 0.192 e. The minimum absolute atomic E-state index is 0.692. The maximum atomic E-state index is 5.92. The molecule has 0 atom stereocenters. The first kappa shape index (κ1) is 14.9. The molecule has 0 fully saturated rings. The average Bonchev–Trinajstić information content (AvgIpc) is 2.77. The number of aromatic nitrogens is 4. The van der Waals surface area contributed by atoms with E-state index in [1.54, 1.807) is 18.5 Å². The fourth-order valence-corrected chi connectivity index (χ4v) is 3.00. The van der Waals surface area contributed by atoms with E-state index in [4.69, 9.17) is 11.6 Å². The van der Waals surface area contributed by atoms with Crippen LogP contribution in [0.15, 0.2) is 52.8 Å². The number of nitrogens with zero attached hydrogens (tertiary/aromatic N) is 4. The van der Waals surface area contributed by atoms with Crippen LogP contribution in [0.25, 0.3) is 0 Å². The topological polar surface area (TPSA) is 55.6 Å². The van der Waals surface area contributed by atoms with Crippen LogP contribution < -0.4 is 5.32 Å². The lowest BCUT2D eigenvalue weighted by Crippen LogP contribution is -2.00. The summed E-state index contributed by atoms with van der Waals surface area (Å²) in [6.07, 6.45) is 3.46. The second kappa shape index (κ2) is 6.37. The molecule has 1 N–H and O–H groups in total. The van der Waals surface area contributed by atoms with Crippen molar-refractivity contribution in [1.29, 1.82) is 0 Å². The Morgan fingerprint density at radius 2 is 1.82 bits per heavy atom. The van der Waals surface area contributed by atoms with Crippen molar-refractivity contribution in [2.75, 3.05) is 5.32 Å². The zero-order chi connectivity index (χ0) is 15.5. The van der Waals surface area contributed by atoms with E-state index in [-0.39, 0.29) is 0 Å². The number of anilines is 2. The first-order valence-electron chi connectivity index (χ1n) is 6.64. The Morgan fingerprint density at radius 3 is 2.50 bits per heavy atom. The van der Waals surface area contributed by atoms with Gasteiger partial charge in [-0.1, -0.05) is 11.6 Å². The molecular formula is C15H14ClN5S. The van der Waals surface area contributed by atoms with Gasteiger partial charge in [-0.05, 0) is 49.0 Å². The molecule has 3 rings (SSSR count). The summed E-state index contributed by atoms with van der Waals surface area (Å²) in [6.45, 7) is 1.97. The Hall–Kier alpha value is -2.05. The van der Waals surface area contributed by atoms with Crippen LogP contribution in [0.3, 0.4) is 0 Å². The van der Waals surface area contributed by atoms with Crippen LogP contribution in [0.4, 0.5) is 11.5 Å². The van der Waals surface area contributed by atoms with E-state index in [0.717, 1.165) is 22.1 Å². The quantitative estimate of drug-likeness (QED) is 0.730. The van der Waals surface area contributed by atoms with Crippen molar-refractivity contribution in [2.45, 2.75) is 17.0 Å². The van der Waals surface area contributed by atoms with E-state index >= 15 is 0 Å². The van der Waals surface area contributed by atoms with Gasteiger partial charge in [0.15, 0.2) is 5.16 Å². The van der Waals surface area contributed by atoms with Crippen LogP contribution in [0.2, 0.25) is 5.02 Å². The van der Waals surface area contributed by atoms with Crippen LogP contribution in [-0.4, -0.2) is 19.7 Å². The van der Waals surface area contributed by atoms with Crippen LogP contribution in [0.5, 0.6) is 0 Å². The molecule has 0 saturated heterocycles. The van der Waals surface area contributed by atoms with E-state index in [2.05, 4.69) is 20.4 Å². The highest BCUT2D eigenvalue weighted by Gasteiger charge is 2.16. The first-order chi connectivity index (χ1) is 10.6. The third-order valence-corrected chi connectivity index (χ3v) is 4.35. The van der Waals surface area contributed by atoms with Gasteiger partial charge in [-0.25, -0.2) is 9.97 Å². The monoisotopic (exact) mass is 331 g/mol. The highest BCUT2D eigenvalue weighted by atomic mass is 35.5. The Balaban J connectivity index is 1.92. The van der Waals surface area contributed by atoms with E-state index in [9.17, 15) is 0 Å². The summed E-state index contributed by atoms with van der Waals surface area (Å²) in [4.78, 5) is 9.51. The van der Waals surface area contributed by atoms with Crippen molar-refractivity contribution in [3.05, 3.63) is 53.4 Å². The molecule has 2 heterocycles. The molecule has 0 unspecified atom stereocenters. The SMILES string of the molecule is Cc1nn(C)c(Nc2ccc(Cl)cc2)c1Sc1ncccn1.